The second-order valence-electron chi connectivity index (χ2n) is 7.62. The van der Waals surface area contributed by atoms with Crippen molar-refractivity contribution in [2.45, 2.75) is 13.8 Å². The predicted molar refractivity (Wildman–Crippen MR) is 123 cm³/mol. The summed E-state index contributed by atoms with van der Waals surface area (Å²) in [6, 6.07) is 18.6. The summed E-state index contributed by atoms with van der Waals surface area (Å²) in [6.45, 7) is 4.21. The fourth-order valence-electron chi connectivity index (χ4n) is 3.83. The Morgan fingerprint density at radius 3 is 2.42 bits per heavy atom. The molecule has 1 aliphatic rings. The predicted octanol–water partition coefficient (Wildman–Crippen LogP) is 4.48. The average molecular weight is 410 g/mol. The van der Waals surface area contributed by atoms with Crippen molar-refractivity contribution in [3.63, 3.8) is 0 Å². The van der Waals surface area contributed by atoms with Gasteiger partial charge in [0.05, 0.1) is 23.0 Å². The highest BCUT2D eigenvalue weighted by Gasteiger charge is 2.31. The maximum Gasteiger partial charge on any atom is 0.247 e. The van der Waals surface area contributed by atoms with Gasteiger partial charge in [-0.2, -0.15) is 5.26 Å². The minimum absolute atomic E-state index is 0.125. The first-order valence-electron chi connectivity index (χ1n) is 9.93. The molecule has 0 spiro atoms. The van der Waals surface area contributed by atoms with Gasteiger partial charge in [0.25, 0.3) is 0 Å². The fraction of sp³-hybridized carbons (Fsp3) is 0.167. The summed E-state index contributed by atoms with van der Waals surface area (Å²) in [5.41, 5.74) is 4.71. The van der Waals surface area contributed by atoms with Gasteiger partial charge in [0.1, 0.15) is 11.7 Å². The highest BCUT2D eigenvalue weighted by Crippen LogP contribution is 2.41. The number of H-pyrrole nitrogens is 1. The number of benzene rings is 2. The van der Waals surface area contributed by atoms with Crippen LogP contribution in [-0.4, -0.2) is 23.2 Å². The van der Waals surface area contributed by atoms with Crippen LogP contribution in [0.4, 0.5) is 17.1 Å². The van der Waals surface area contributed by atoms with Crippen molar-refractivity contribution in [2.24, 2.45) is 5.92 Å². The van der Waals surface area contributed by atoms with Crippen LogP contribution in [0.5, 0.6) is 0 Å². The Balaban J connectivity index is 1.93. The Kier molecular flexibility index (Phi) is 5.14. The number of nitrogens with one attached hydrogen (secondary N) is 3. The molecule has 7 heteroatoms. The van der Waals surface area contributed by atoms with Crippen LogP contribution in [0, 0.1) is 28.1 Å². The molecule has 0 amide bonds. The summed E-state index contributed by atoms with van der Waals surface area (Å²) < 4.78 is 0. The van der Waals surface area contributed by atoms with Gasteiger partial charge in [-0.05, 0) is 60.5 Å². The van der Waals surface area contributed by atoms with Crippen molar-refractivity contribution in [3.8, 4) is 17.2 Å². The lowest BCUT2D eigenvalue weighted by Crippen LogP contribution is -2.38. The van der Waals surface area contributed by atoms with Gasteiger partial charge in [-0.25, -0.2) is 0 Å². The van der Waals surface area contributed by atoms with Gasteiger partial charge >= 0.3 is 0 Å². The standard InChI is InChI=1S/C24H22N6O/c1-15-14-29(20-7-3-17(12-25)4-8-20)22-11-18(19-6-10-23(31)28-13-19)5-9-21(22)30(16(2)26)24(15)27/h3-11,13,15,26-27H,14H2,1-2H3,(H,28,31)/t15-/m1/s1. The van der Waals surface area contributed by atoms with Gasteiger partial charge in [-0.15, -0.1) is 0 Å². The number of rotatable bonds is 2. The number of anilines is 3. The molecular weight excluding hydrogens is 388 g/mol. The van der Waals surface area contributed by atoms with Crippen molar-refractivity contribution in [2.75, 3.05) is 16.3 Å². The molecule has 0 bridgehead atoms. The SMILES string of the molecule is CC(=N)N1C(=N)[C@H](C)CN(c2ccc(C#N)cc2)c2cc(-c3ccc(=O)[nH]c3)ccc21. The molecule has 31 heavy (non-hydrogen) atoms. The maximum absolute atomic E-state index is 11.5. The maximum atomic E-state index is 11.5. The lowest BCUT2D eigenvalue weighted by molar-refractivity contribution is 0.757. The van der Waals surface area contributed by atoms with E-state index in [0.29, 0.717) is 17.9 Å². The summed E-state index contributed by atoms with van der Waals surface area (Å²) in [6.07, 6.45) is 1.68. The molecule has 1 atom stereocenters. The minimum atomic E-state index is -0.161. The molecule has 2 aromatic carbocycles. The average Bonchev–Trinajstić information content (AvgIpc) is 2.88. The number of hydrogen-bond acceptors (Lipinski definition) is 5. The number of nitriles is 1. The molecule has 0 aliphatic carbocycles. The number of hydrogen-bond donors (Lipinski definition) is 3. The summed E-state index contributed by atoms with van der Waals surface area (Å²) in [5.74, 6) is 0.512. The summed E-state index contributed by atoms with van der Waals surface area (Å²) >= 11 is 0. The van der Waals surface area contributed by atoms with E-state index in [1.807, 2.05) is 37.3 Å². The monoisotopic (exact) mass is 410 g/mol. The van der Waals surface area contributed by atoms with Crippen LogP contribution in [0.25, 0.3) is 11.1 Å². The zero-order valence-electron chi connectivity index (χ0n) is 17.3. The largest absolute Gasteiger partial charge is 0.339 e. The molecule has 1 aliphatic heterocycles. The van der Waals surface area contributed by atoms with E-state index in [1.165, 1.54) is 6.07 Å². The first-order chi connectivity index (χ1) is 14.9. The van der Waals surface area contributed by atoms with Crippen molar-refractivity contribution in [1.29, 1.82) is 16.1 Å². The van der Waals surface area contributed by atoms with E-state index in [4.69, 9.17) is 16.1 Å². The Morgan fingerprint density at radius 1 is 1.10 bits per heavy atom. The fourth-order valence-corrected chi connectivity index (χ4v) is 3.83. The van der Waals surface area contributed by atoms with Gasteiger partial charge in [-0.1, -0.05) is 13.0 Å². The van der Waals surface area contributed by atoms with Crippen LogP contribution in [0.2, 0.25) is 0 Å². The molecular formula is C24H22N6O. The lowest BCUT2D eigenvalue weighted by Gasteiger charge is -2.27. The molecule has 0 fully saturated rings. The molecule has 0 unspecified atom stereocenters. The topological polar surface area (TPSA) is 111 Å². The van der Waals surface area contributed by atoms with E-state index in [0.717, 1.165) is 28.2 Å². The number of nitrogens with zero attached hydrogens (tertiary/aromatic N) is 3. The Morgan fingerprint density at radius 2 is 1.81 bits per heavy atom. The van der Waals surface area contributed by atoms with Crippen LogP contribution in [0.1, 0.15) is 19.4 Å². The Bertz CT molecular complexity index is 1250. The summed E-state index contributed by atoms with van der Waals surface area (Å²) in [4.78, 5) is 18.0. The van der Waals surface area contributed by atoms with Gasteiger partial charge in [0.2, 0.25) is 5.56 Å². The van der Waals surface area contributed by atoms with E-state index >= 15 is 0 Å². The molecule has 4 rings (SSSR count). The Labute approximate surface area is 180 Å². The third-order valence-electron chi connectivity index (χ3n) is 5.43. The van der Waals surface area contributed by atoms with Crippen molar-refractivity contribution >= 4 is 28.7 Å². The lowest BCUT2D eigenvalue weighted by atomic mass is 10.0. The summed E-state index contributed by atoms with van der Waals surface area (Å²) in [5, 5.41) is 26.1. The van der Waals surface area contributed by atoms with Gasteiger partial charge in [0, 0.05) is 30.4 Å². The van der Waals surface area contributed by atoms with Crippen LogP contribution >= 0.6 is 0 Å². The summed E-state index contributed by atoms with van der Waals surface area (Å²) in [7, 11) is 0. The van der Waals surface area contributed by atoms with E-state index in [2.05, 4.69) is 16.0 Å². The highest BCUT2D eigenvalue weighted by atomic mass is 16.1. The molecule has 0 radical (unpaired) electrons. The van der Waals surface area contributed by atoms with Gasteiger partial charge < -0.3 is 9.88 Å². The first kappa shape index (κ1) is 20.1. The zero-order chi connectivity index (χ0) is 22.1. The number of aromatic amines is 1. The van der Waals surface area contributed by atoms with Gasteiger partial charge in [0.15, 0.2) is 0 Å². The minimum Gasteiger partial charge on any atom is -0.339 e. The number of aromatic nitrogens is 1. The van der Waals surface area contributed by atoms with Crippen LogP contribution in [0.15, 0.2) is 65.6 Å². The molecule has 2 heterocycles. The third kappa shape index (κ3) is 3.71. The van der Waals surface area contributed by atoms with Crippen molar-refractivity contribution < 1.29 is 0 Å². The third-order valence-corrected chi connectivity index (χ3v) is 5.43. The Hall–Kier alpha value is -4.18. The number of amidine groups is 2. The molecule has 0 saturated carbocycles. The van der Waals surface area contributed by atoms with Gasteiger partial charge in [-0.3, -0.25) is 20.5 Å². The first-order valence-corrected chi connectivity index (χ1v) is 9.93. The molecule has 3 aromatic rings. The molecule has 1 aromatic heterocycles. The van der Waals surface area contributed by atoms with Crippen molar-refractivity contribution in [3.05, 3.63) is 76.7 Å². The highest BCUT2D eigenvalue weighted by molar-refractivity contribution is 6.19. The zero-order valence-corrected chi connectivity index (χ0v) is 17.3. The van der Waals surface area contributed by atoms with E-state index in [-0.39, 0.29) is 17.3 Å². The number of fused-ring (bicyclic) bond motifs is 1. The number of pyridine rings is 1. The van der Waals surface area contributed by atoms with Crippen LogP contribution in [0.3, 0.4) is 0 Å². The smallest absolute Gasteiger partial charge is 0.247 e. The molecule has 0 saturated heterocycles. The van der Waals surface area contributed by atoms with Crippen molar-refractivity contribution in [1.82, 2.24) is 4.98 Å². The van der Waals surface area contributed by atoms with E-state index in [9.17, 15) is 4.79 Å². The second kappa shape index (κ2) is 7.92. The molecule has 3 N–H and O–H groups in total. The van der Waals surface area contributed by atoms with Crippen LogP contribution in [-0.2, 0) is 0 Å². The molecule has 154 valence electrons. The van der Waals surface area contributed by atoms with E-state index < -0.39 is 0 Å². The van der Waals surface area contributed by atoms with Crippen LogP contribution < -0.4 is 15.4 Å². The second-order valence-corrected chi connectivity index (χ2v) is 7.62. The quantitative estimate of drug-likeness (QED) is 0.427. The van der Waals surface area contributed by atoms with E-state index in [1.54, 1.807) is 36.2 Å². The normalized spacial score (nSPS) is 15.8. The molecule has 7 nitrogen and oxygen atoms in total.